The molecule has 1 aromatic carbocycles. The number of carbonyl (C=O) groups is 2. The quantitative estimate of drug-likeness (QED) is 0.685. The van der Waals surface area contributed by atoms with Gasteiger partial charge in [-0.15, -0.1) is 0 Å². The standard InChI is InChI=1S/C21H28ClN3O3/c1-12(2)28-21(27)18-13(3)19(24-14(18)4)20(26)23-11-17(25(5)6)15-9-7-8-10-16(15)22/h7-10,12,17,24H,11H2,1-6H3,(H,23,26). The number of hydrogen-bond donors (Lipinski definition) is 2. The lowest BCUT2D eigenvalue weighted by molar-refractivity contribution is 0.0376. The molecule has 0 aliphatic heterocycles. The minimum Gasteiger partial charge on any atom is -0.459 e. The second-order valence-corrected chi connectivity index (χ2v) is 7.70. The number of H-pyrrole nitrogens is 1. The van der Waals surface area contributed by atoms with E-state index in [0.29, 0.717) is 34.1 Å². The van der Waals surface area contributed by atoms with E-state index in [0.717, 1.165) is 5.56 Å². The molecule has 0 bridgehead atoms. The van der Waals surface area contributed by atoms with Gasteiger partial charge in [-0.05, 0) is 59.0 Å². The Balaban J connectivity index is 2.19. The Labute approximate surface area is 171 Å². The molecule has 0 spiro atoms. The number of amides is 1. The summed E-state index contributed by atoms with van der Waals surface area (Å²) in [4.78, 5) is 30.1. The van der Waals surface area contributed by atoms with Crippen LogP contribution in [0.1, 0.15) is 57.6 Å². The molecule has 1 atom stereocenters. The molecular formula is C21H28ClN3O3. The molecule has 7 heteroatoms. The van der Waals surface area contributed by atoms with Gasteiger partial charge in [-0.2, -0.15) is 0 Å². The third-order valence-corrected chi connectivity index (χ3v) is 4.90. The van der Waals surface area contributed by atoms with Gasteiger partial charge in [0.05, 0.1) is 17.7 Å². The van der Waals surface area contributed by atoms with Gasteiger partial charge in [-0.25, -0.2) is 4.79 Å². The molecule has 2 N–H and O–H groups in total. The largest absolute Gasteiger partial charge is 0.459 e. The van der Waals surface area contributed by atoms with Crippen LogP contribution in [0.2, 0.25) is 5.02 Å². The summed E-state index contributed by atoms with van der Waals surface area (Å²) >= 11 is 6.32. The first-order valence-electron chi connectivity index (χ1n) is 9.22. The molecule has 0 radical (unpaired) electrons. The predicted molar refractivity (Wildman–Crippen MR) is 111 cm³/mol. The number of likely N-dealkylation sites (N-methyl/N-ethyl adjacent to an activating group) is 1. The molecule has 1 unspecified atom stereocenters. The van der Waals surface area contributed by atoms with E-state index in [1.54, 1.807) is 27.7 Å². The monoisotopic (exact) mass is 405 g/mol. The van der Waals surface area contributed by atoms with E-state index in [-0.39, 0.29) is 18.1 Å². The second kappa shape index (κ2) is 9.26. The fraction of sp³-hybridized carbons (Fsp3) is 0.429. The molecule has 2 rings (SSSR count). The van der Waals surface area contributed by atoms with Gasteiger partial charge in [0, 0.05) is 17.3 Å². The number of esters is 1. The van der Waals surface area contributed by atoms with Gasteiger partial charge in [0.15, 0.2) is 0 Å². The molecule has 2 aromatic rings. The number of carbonyl (C=O) groups excluding carboxylic acids is 2. The molecule has 0 saturated carbocycles. The van der Waals surface area contributed by atoms with Crippen molar-refractivity contribution < 1.29 is 14.3 Å². The van der Waals surface area contributed by atoms with Gasteiger partial charge in [0.2, 0.25) is 0 Å². The van der Waals surface area contributed by atoms with E-state index in [1.807, 2.05) is 43.3 Å². The topological polar surface area (TPSA) is 74.4 Å². The van der Waals surface area contributed by atoms with Crippen LogP contribution < -0.4 is 5.32 Å². The maximum atomic E-state index is 12.8. The number of nitrogens with zero attached hydrogens (tertiary/aromatic N) is 1. The zero-order valence-corrected chi connectivity index (χ0v) is 18.0. The van der Waals surface area contributed by atoms with Crippen LogP contribution in [0.15, 0.2) is 24.3 Å². The van der Waals surface area contributed by atoms with Crippen molar-refractivity contribution in [3.8, 4) is 0 Å². The van der Waals surface area contributed by atoms with Crippen LogP contribution in [0.3, 0.4) is 0 Å². The molecule has 28 heavy (non-hydrogen) atoms. The van der Waals surface area contributed by atoms with Gasteiger partial charge in [0.1, 0.15) is 5.69 Å². The normalized spacial score (nSPS) is 12.3. The van der Waals surface area contributed by atoms with Crippen LogP contribution in [-0.4, -0.2) is 48.5 Å². The number of nitrogens with one attached hydrogen (secondary N) is 2. The molecule has 6 nitrogen and oxygen atoms in total. The van der Waals surface area contributed by atoms with E-state index < -0.39 is 5.97 Å². The zero-order chi connectivity index (χ0) is 21.0. The number of hydrogen-bond acceptors (Lipinski definition) is 4. The van der Waals surface area contributed by atoms with E-state index in [1.165, 1.54) is 0 Å². The Morgan fingerprint density at radius 2 is 1.86 bits per heavy atom. The Morgan fingerprint density at radius 3 is 2.43 bits per heavy atom. The second-order valence-electron chi connectivity index (χ2n) is 7.29. The van der Waals surface area contributed by atoms with Crippen LogP contribution >= 0.6 is 11.6 Å². The summed E-state index contributed by atoms with van der Waals surface area (Å²) in [5.74, 6) is -0.703. The Kier molecular flexibility index (Phi) is 7.27. The Morgan fingerprint density at radius 1 is 1.21 bits per heavy atom. The fourth-order valence-corrected chi connectivity index (χ4v) is 3.41. The SMILES string of the molecule is Cc1[nH]c(C(=O)NCC(c2ccccc2Cl)N(C)C)c(C)c1C(=O)OC(C)C. The number of aromatic amines is 1. The van der Waals surface area contributed by atoms with Crippen molar-refractivity contribution in [1.29, 1.82) is 0 Å². The summed E-state index contributed by atoms with van der Waals surface area (Å²) in [6.07, 6.45) is -0.227. The van der Waals surface area contributed by atoms with Crippen LogP contribution in [-0.2, 0) is 4.74 Å². The van der Waals surface area contributed by atoms with E-state index in [4.69, 9.17) is 16.3 Å². The van der Waals surface area contributed by atoms with E-state index in [9.17, 15) is 9.59 Å². The maximum Gasteiger partial charge on any atom is 0.340 e. The first kappa shape index (κ1) is 22.0. The van der Waals surface area contributed by atoms with Crippen molar-refractivity contribution in [2.75, 3.05) is 20.6 Å². The fourth-order valence-electron chi connectivity index (χ4n) is 3.15. The highest BCUT2D eigenvalue weighted by molar-refractivity contribution is 6.31. The Bertz CT molecular complexity index is 859. The first-order valence-corrected chi connectivity index (χ1v) is 9.60. The molecule has 1 heterocycles. The molecule has 1 aromatic heterocycles. The van der Waals surface area contributed by atoms with Gasteiger partial charge >= 0.3 is 5.97 Å². The zero-order valence-electron chi connectivity index (χ0n) is 17.2. The smallest absolute Gasteiger partial charge is 0.340 e. The van der Waals surface area contributed by atoms with Crippen molar-refractivity contribution in [3.63, 3.8) is 0 Å². The lowest BCUT2D eigenvalue weighted by Gasteiger charge is -2.26. The van der Waals surface area contributed by atoms with Crippen LogP contribution in [0.5, 0.6) is 0 Å². The average Bonchev–Trinajstić information content (AvgIpc) is 2.90. The van der Waals surface area contributed by atoms with Gasteiger partial charge in [0.25, 0.3) is 5.91 Å². The summed E-state index contributed by atoms with van der Waals surface area (Å²) in [6.45, 7) is 7.45. The highest BCUT2D eigenvalue weighted by Crippen LogP contribution is 2.26. The maximum absolute atomic E-state index is 12.8. The number of ether oxygens (including phenoxy) is 1. The van der Waals surface area contributed by atoms with Gasteiger partial charge < -0.3 is 19.9 Å². The summed E-state index contributed by atoms with van der Waals surface area (Å²) in [5.41, 5.74) is 2.91. The molecular weight excluding hydrogens is 378 g/mol. The average molecular weight is 406 g/mol. The number of halogens is 1. The Hall–Kier alpha value is -2.31. The third-order valence-electron chi connectivity index (χ3n) is 4.55. The lowest BCUT2D eigenvalue weighted by Crippen LogP contribution is -2.35. The van der Waals surface area contributed by atoms with Crippen molar-refractivity contribution >= 4 is 23.5 Å². The highest BCUT2D eigenvalue weighted by atomic mass is 35.5. The summed E-state index contributed by atoms with van der Waals surface area (Å²) in [5, 5.41) is 3.60. The highest BCUT2D eigenvalue weighted by Gasteiger charge is 2.25. The van der Waals surface area contributed by atoms with Crippen molar-refractivity contribution in [3.05, 3.63) is 57.4 Å². The molecule has 152 valence electrons. The lowest BCUT2D eigenvalue weighted by atomic mass is 10.1. The predicted octanol–water partition coefficient (Wildman–Crippen LogP) is 3.88. The van der Waals surface area contributed by atoms with E-state index >= 15 is 0 Å². The minimum absolute atomic E-state index is 0.0839. The van der Waals surface area contributed by atoms with Crippen molar-refractivity contribution in [2.45, 2.75) is 39.8 Å². The summed E-state index contributed by atoms with van der Waals surface area (Å²) in [6, 6.07) is 7.49. The molecule has 0 saturated heterocycles. The van der Waals surface area contributed by atoms with Gasteiger partial charge in [-0.1, -0.05) is 29.8 Å². The van der Waals surface area contributed by atoms with Crippen LogP contribution in [0.25, 0.3) is 0 Å². The summed E-state index contributed by atoms with van der Waals surface area (Å²) in [7, 11) is 3.87. The molecule has 0 fully saturated rings. The van der Waals surface area contributed by atoms with Gasteiger partial charge in [-0.3, -0.25) is 4.79 Å². The van der Waals surface area contributed by atoms with E-state index in [2.05, 4.69) is 10.3 Å². The third kappa shape index (κ3) is 4.94. The molecule has 0 aliphatic rings. The molecule has 1 amide bonds. The van der Waals surface area contributed by atoms with Crippen LogP contribution in [0.4, 0.5) is 0 Å². The van der Waals surface area contributed by atoms with Crippen molar-refractivity contribution in [2.24, 2.45) is 0 Å². The van der Waals surface area contributed by atoms with Crippen molar-refractivity contribution in [1.82, 2.24) is 15.2 Å². The number of aryl methyl sites for hydroxylation is 1. The first-order chi connectivity index (χ1) is 13.1. The minimum atomic E-state index is -0.428. The number of rotatable bonds is 7. The summed E-state index contributed by atoms with van der Waals surface area (Å²) < 4.78 is 5.28. The van der Waals surface area contributed by atoms with Crippen LogP contribution in [0, 0.1) is 13.8 Å². The number of aromatic nitrogens is 1. The number of benzene rings is 1. The molecule has 0 aliphatic carbocycles.